The molecule has 66 valence electrons. The third-order valence-corrected chi connectivity index (χ3v) is 1.74. The van der Waals surface area contributed by atoms with Crippen molar-refractivity contribution in [3.05, 3.63) is 28.9 Å². The molecular formula is C9H8ClN3. The molecule has 0 radical (unpaired) electrons. The second kappa shape index (κ2) is 4.48. The molecule has 0 aliphatic carbocycles. The van der Waals surface area contributed by atoms with Gasteiger partial charge in [-0.25, -0.2) is 4.98 Å². The Hall–Kier alpha value is -1.53. The van der Waals surface area contributed by atoms with Crippen LogP contribution in [0.25, 0.3) is 6.08 Å². The molecule has 0 aliphatic heterocycles. The van der Waals surface area contributed by atoms with Crippen molar-refractivity contribution in [1.82, 2.24) is 4.98 Å². The maximum Gasteiger partial charge on any atom is 0.124 e. The van der Waals surface area contributed by atoms with E-state index in [2.05, 4.69) is 4.98 Å². The number of nitriles is 1. The van der Waals surface area contributed by atoms with E-state index in [9.17, 15) is 0 Å². The van der Waals surface area contributed by atoms with Gasteiger partial charge in [-0.05, 0) is 6.07 Å². The Balaban J connectivity index is 2.85. The number of nitrogen functional groups attached to an aromatic ring is 1. The highest BCUT2D eigenvalue weighted by molar-refractivity contribution is 6.32. The van der Waals surface area contributed by atoms with Crippen LogP contribution in [0.1, 0.15) is 12.0 Å². The van der Waals surface area contributed by atoms with Gasteiger partial charge in [-0.3, -0.25) is 0 Å². The Kier molecular flexibility index (Phi) is 3.30. The maximum atomic E-state index is 8.29. The molecular weight excluding hydrogens is 186 g/mol. The van der Waals surface area contributed by atoms with Gasteiger partial charge in [0.2, 0.25) is 0 Å². The molecule has 0 aromatic carbocycles. The number of hydrogen-bond donors (Lipinski definition) is 1. The lowest BCUT2D eigenvalue weighted by Gasteiger charge is -1.97. The topological polar surface area (TPSA) is 62.7 Å². The number of pyridine rings is 1. The molecule has 1 heterocycles. The molecule has 1 aromatic rings. The molecule has 0 bridgehead atoms. The fraction of sp³-hybridized carbons (Fsp3) is 0.111. The highest BCUT2D eigenvalue weighted by Crippen LogP contribution is 2.18. The third kappa shape index (κ3) is 2.77. The molecule has 13 heavy (non-hydrogen) atoms. The van der Waals surface area contributed by atoms with E-state index >= 15 is 0 Å². The molecule has 4 heteroatoms. The third-order valence-electron chi connectivity index (χ3n) is 1.41. The highest BCUT2D eigenvalue weighted by Gasteiger charge is 1.96. The Labute approximate surface area is 81.5 Å². The summed E-state index contributed by atoms with van der Waals surface area (Å²) in [7, 11) is 0. The van der Waals surface area contributed by atoms with E-state index in [4.69, 9.17) is 22.6 Å². The lowest BCUT2D eigenvalue weighted by atomic mass is 10.2. The van der Waals surface area contributed by atoms with Crippen LogP contribution in [0, 0.1) is 11.3 Å². The average molecular weight is 194 g/mol. The predicted molar refractivity (Wildman–Crippen MR) is 52.9 cm³/mol. The summed E-state index contributed by atoms with van der Waals surface area (Å²) in [5.74, 6) is 0.391. The van der Waals surface area contributed by atoms with Crippen molar-refractivity contribution in [1.29, 1.82) is 5.26 Å². The number of anilines is 1. The standard InChI is InChI=1S/C9H8ClN3/c10-8-5-9(12)13-6-7(8)3-1-2-4-11/h1,3,5-6H,2H2,(H2,12,13). The van der Waals surface area contributed by atoms with Gasteiger partial charge in [0, 0.05) is 11.8 Å². The summed E-state index contributed by atoms with van der Waals surface area (Å²) in [6, 6.07) is 3.57. The zero-order chi connectivity index (χ0) is 9.68. The molecule has 0 unspecified atom stereocenters. The van der Waals surface area contributed by atoms with Crippen molar-refractivity contribution in [3.8, 4) is 6.07 Å². The van der Waals surface area contributed by atoms with Crippen LogP contribution >= 0.6 is 11.6 Å². The first-order valence-electron chi connectivity index (χ1n) is 3.68. The lowest BCUT2D eigenvalue weighted by molar-refractivity contribution is 1.32. The number of nitrogens with zero attached hydrogens (tertiary/aromatic N) is 2. The second-order valence-corrected chi connectivity index (χ2v) is 2.80. The monoisotopic (exact) mass is 193 g/mol. The Morgan fingerprint density at radius 1 is 1.69 bits per heavy atom. The summed E-state index contributed by atoms with van der Waals surface area (Å²) in [5, 5.41) is 8.83. The lowest BCUT2D eigenvalue weighted by Crippen LogP contribution is -1.89. The van der Waals surface area contributed by atoms with Gasteiger partial charge >= 0.3 is 0 Å². The van der Waals surface area contributed by atoms with Gasteiger partial charge in [-0.15, -0.1) is 0 Å². The molecule has 0 saturated heterocycles. The van der Waals surface area contributed by atoms with Crippen LogP contribution in [0.2, 0.25) is 5.02 Å². The number of rotatable bonds is 2. The highest BCUT2D eigenvalue weighted by atomic mass is 35.5. The van der Waals surface area contributed by atoms with Crippen LogP contribution in [0.5, 0.6) is 0 Å². The molecule has 0 amide bonds. The van der Waals surface area contributed by atoms with Gasteiger partial charge in [0.25, 0.3) is 0 Å². The van der Waals surface area contributed by atoms with Gasteiger partial charge in [-0.1, -0.05) is 23.8 Å². The SMILES string of the molecule is N#CCC=Cc1cnc(N)cc1Cl. The molecule has 1 aromatic heterocycles. The van der Waals surface area contributed by atoms with E-state index in [0.717, 1.165) is 5.56 Å². The van der Waals surface area contributed by atoms with Crippen LogP contribution in [-0.2, 0) is 0 Å². The van der Waals surface area contributed by atoms with Crippen molar-refractivity contribution in [2.75, 3.05) is 5.73 Å². The zero-order valence-corrected chi connectivity index (χ0v) is 7.62. The van der Waals surface area contributed by atoms with Gasteiger partial charge in [0.15, 0.2) is 0 Å². The normalized spacial score (nSPS) is 10.2. The van der Waals surface area contributed by atoms with Crippen LogP contribution < -0.4 is 5.73 Å². The minimum Gasteiger partial charge on any atom is -0.384 e. The molecule has 0 aliphatic rings. The average Bonchev–Trinajstić information content (AvgIpc) is 2.09. The zero-order valence-electron chi connectivity index (χ0n) is 6.87. The summed E-state index contributed by atoms with van der Waals surface area (Å²) in [6.07, 6.45) is 5.41. The summed E-state index contributed by atoms with van der Waals surface area (Å²) in [4.78, 5) is 3.88. The Bertz CT molecular complexity index is 366. The first kappa shape index (κ1) is 9.56. The van der Waals surface area contributed by atoms with E-state index in [1.807, 2.05) is 6.07 Å². The first-order chi connectivity index (χ1) is 6.24. The smallest absolute Gasteiger partial charge is 0.124 e. The van der Waals surface area contributed by atoms with E-state index in [-0.39, 0.29) is 0 Å². The van der Waals surface area contributed by atoms with E-state index in [1.54, 1.807) is 24.4 Å². The van der Waals surface area contributed by atoms with Crippen molar-refractivity contribution in [2.24, 2.45) is 0 Å². The minimum atomic E-state index is 0.362. The number of hydrogen-bond acceptors (Lipinski definition) is 3. The van der Waals surface area contributed by atoms with Crippen LogP contribution in [0.15, 0.2) is 18.3 Å². The maximum absolute atomic E-state index is 8.29. The number of aromatic nitrogens is 1. The molecule has 1 rings (SSSR count). The van der Waals surface area contributed by atoms with Crippen LogP contribution in [0.4, 0.5) is 5.82 Å². The Morgan fingerprint density at radius 3 is 3.08 bits per heavy atom. The summed E-state index contributed by atoms with van der Waals surface area (Å²) >= 11 is 5.85. The van der Waals surface area contributed by atoms with E-state index in [0.29, 0.717) is 17.3 Å². The predicted octanol–water partition coefficient (Wildman–Crippen LogP) is 2.24. The quantitative estimate of drug-likeness (QED) is 0.784. The van der Waals surface area contributed by atoms with Crippen molar-refractivity contribution >= 4 is 23.5 Å². The van der Waals surface area contributed by atoms with Crippen molar-refractivity contribution in [2.45, 2.75) is 6.42 Å². The Morgan fingerprint density at radius 2 is 2.46 bits per heavy atom. The van der Waals surface area contributed by atoms with Crippen LogP contribution in [-0.4, -0.2) is 4.98 Å². The molecule has 3 nitrogen and oxygen atoms in total. The summed E-state index contributed by atoms with van der Waals surface area (Å²) in [5.41, 5.74) is 6.18. The molecule has 0 fully saturated rings. The van der Waals surface area contributed by atoms with Gasteiger partial charge in [-0.2, -0.15) is 5.26 Å². The van der Waals surface area contributed by atoms with Gasteiger partial charge in [0.1, 0.15) is 5.82 Å². The summed E-state index contributed by atoms with van der Waals surface area (Å²) in [6.45, 7) is 0. The van der Waals surface area contributed by atoms with Crippen molar-refractivity contribution in [3.63, 3.8) is 0 Å². The van der Waals surface area contributed by atoms with Crippen LogP contribution in [0.3, 0.4) is 0 Å². The molecule has 0 spiro atoms. The van der Waals surface area contributed by atoms with Gasteiger partial charge in [0.05, 0.1) is 17.5 Å². The summed E-state index contributed by atoms with van der Waals surface area (Å²) < 4.78 is 0. The van der Waals surface area contributed by atoms with E-state index in [1.165, 1.54) is 0 Å². The fourth-order valence-corrected chi connectivity index (χ4v) is 1.04. The first-order valence-corrected chi connectivity index (χ1v) is 4.06. The number of nitrogens with two attached hydrogens (primary N) is 1. The van der Waals surface area contributed by atoms with E-state index < -0.39 is 0 Å². The minimum absolute atomic E-state index is 0.362. The molecule has 0 atom stereocenters. The number of halogens is 1. The van der Waals surface area contributed by atoms with Crippen molar-refractivity contribution < 1.29 is 0 Å². The molecule has 2 N–H and O–H groups in total. The number of allylic oxidation sites excluding steroid dienone is 1. The van der Waals surface area contributed by atoms with Gasteiger partial charge < -0.3 is 5.73 Å². The largest absolute Gasteiger partial charge is 0.384 e. The fourth-order valence-electron chi connectivity index (χ4n) is 0.817. The second-order valence-electron chi connectivity index (χ2n) is 2.40. The molecule has 0 saturated carbocycles.